The number of carbonyl (C=O) groups is 1. The molecule has 4 rings (SSSR count). The minimum absolute atomic E-state index is 0.115. The van der Waals surface area contributed by atoms with Crippen LogP contribution >= 0.6 is 23.4 Å². The number of Topliss-reactive ketones (excluding diaryl/α,β-unsaturated/α-hetero) is 1. The fraction of sp³-hybridized carbons (Fsp3) is 0.182. The van der Waals surface area contributed by atoms with Crippen LogP contribution < -0.4 is 15.0 Å². The number of hydrogen-bond acceptors (Lipinski definition) is 7. The molecule has 0 unspecified atom stereocenters. The monoisotopic (exact) mass is 470 g/mol. The van der Waals surface area contributed by atoms with E-state index in [4.69, 9.17) is 21.1 Å². The van der Waals surface area contributed by atoms with Crippen molar-refractivity contribution in [1.82, 2.24) is 19.2 Å². The van der Waals surface area contributed by atoms with Gasteiger partial charge in [0.15, 0.2) is 22.4 Å². The SMILES string of the molecule is COc1ccc(C(=O)CSc2nnc3c(=O)n(-c4cccc(Cl)c4C)ccn23)cc1OC. The first-order chi connectivity index (χ1) is 15.4. The van der Waals surface area contributed by atoms with Crippen LogP contribution in [0.15, 0.2) is 58.7 Å². The minimum Gasteiger partial charge on any atom is -0.493 e. The Labute approximate surface area is 192 Å². The second-order valence-corrected chi connectivity index (χ2v) is 8.16. The van der Waals surface area contributed by atoms with E-state index in [9.17, 15) is 9.59 Å². The van der Waals surface area contributed by atoms with E-state index in [1.54, 1.807) is 47.1 Å². The number of fused-ring (bicyclic) bond motifs is 1. The van der Waals surface area contributed by atoms with Crippen LogP contribution in [0.5, 0.6) is 11.5 Å². The Morgan fingerprint density at radius 2 is 1.88 bits per heavy atom. The van der Waals surface area contributed by atoms with Crippen LogP contribution in [-0.2, 0) is 0 Å². The summed E-state index contributed by atoms with van der Waals surface area (Å²) in [7, 11) is 3.05. The number of halogens is 1. The lowest BCUT2D eigenvalue weighted by atomic mass is 10.1. The van der Waals surface area contributed by atoms with Crippen LogP contribution in [0, 0.1) is 6.92 Å². The Morgan fingerprint density at radius 3 is 2.62 bits per heavy atom. The molecular weight excluding hydrogens is 452 g/mol. The van der Waals surface area contributed by atoms with Crippen molar-refractivity contribution in [3.05, 3.63) is 75.3 Å². The first-order valence-electron chi connectivity index (χ1n) is 9.54. The topological polar surface area (TPSA) is 87.7 Å². The molecule has 0 atom stereocenters. The number of aromatic nitrogens is 4. The van der Waals surface area contributed by atoms with Crippen molar-refractivity contribution in [3.8, 4) is 17.2 Å². The smallest absolute Gasteiger partial charge is 0.300 e. The molecule has 2 aromatic heterocycles. The first-order valence-corrected chi connectivity index (χ1v) is 10.9. The summed E-state index contributed by atoms with van der Waals surface area (Å²) >= 11 is 7.39. The van der Waals surface area contributed by atoms with Gasteiger partial charge in [0.1, 0.15) is 0 Å². The van der Waals surface area contributed by atoms with Gasteiger partial charge in [0, 0.05) is 23.0 Å². The van der Waals surface area contributed by atoms with Crippen LogP contribution in [0.4, 0.5) is 0 Å². The van der Waals surface area contributed by atoms with Crippen molar-refractivity contribution in [2.24, 2.45) is 0 Å². The second-order valence-electron chi connectivity index (χ2n) is 6.82. The van der Waals surface area contributed by atoms with Crippen LogP contribution in [0.1, 0.15) is 15.9 Å². The number of methoxy groups -OCH3 is 2. The third-order valence-electron chi connectivity index (χ3n) is 4.98. The molecule has 0 aliphatic rings. The Kier molecular flexibility index (Phi) is 6.20. The van der Waals surface area contributed by atoms with Crippen molar-refractivity contribution in [2.45, 2.75) is 12.1 Å². The normalized spacial score (nSPS) is 11.0. The number of carbonyl (C=O) groups excluding carboxylic acids is 1. The fourth-order valence-electron chi connectivity index (χ4n) is 3.23. The van der Waals surface area contributed by atoms with Gasteiger partial charge in [-0.15, -0.1) is 10.2 Å². The van der Waals surface area contributed by atoms with Crippen molar-refractivity contribution >= 4 is 34.8 Å². The molecule has 0 fully saturated rings. The number of nitrogens with zero attached hydrogens (tertiary/aromatic N) is 4. The standard InChI is InChI=1S/C22H19ClN4O4S/c1-13-15(23)5-4-6-16(13)26-9-10-27-20(21(26)29)24-25-22(27)32-12-17(28)14-7-8-18(30-2)19(11-14)31-3/h4-11H,12H2,1-3H3. The zero-order chi connectivity index (χ0) is 22.8. The minimum atomic E-state index is -0.330. The lowest BCUT2D eigenvalue weighted by molar-refractivity contribution is 0.102. The van der Waals surface area contributed by atoms with Crippen LogP contribution in [-0.4, -0.2) is 44.9 Å². The maximum Gasteiger partial charge on any atom is 0.300 e. The summed E-state index contributed by atoms with van der Waals surface area (Å²) in [5.41, 5.74) is 1.78. The maximum absolute atomic E-state index is 13.0. The quantitative estimate of drug-likeness (QED) is 0.299. The van der Waals surface area contributed by atoms with Crippen molar-refractivity contribution in [2.75, 3.05) is 20.0 Å². The predicted molar refractivity (Wildman–Crippen MR) is 123 cm³/mol. The average molecular weight is 471 g/mol. The zero-order valence-electron chi connectivity index (χ0n) is 17.5. The third kappa shape index (κ3) is 3.96. The van der Waals surface area contributed by atoms with Gasteiger partial charge in [-0.1, -0.05) is 29.4 Å². The lowest BCUT2D eigenvalue weighted by Crippen LogP contribution is -2.21. The predicted octanol–water partition coefficient (Wildman–Crippen LogP) is 3.83. The average Bonchev–Trinajstić information content (AvgIpc) is 3.23. The molecular formula is C22H19ClN4O4S. The van der Waals surface area contributed by atoms with Crippen molar-refractivity contribution in [3.63, 3.8) is 0 Å². The summed E-state index contributed by atoms with van der Waals surface area (Å²) in [5, 5.41) is 9.15. The molecule has 164 valence electrons. The van der Waals surface area contributed by atoms with Crippen molar-refractivity contribution < 1.29 is 14.3 Å². The molecule has 0 saturated carbocycles. The first kappa shape index (κ1) is 21.9. The van der Waals surface area contributed by atoms with Gasteiger partial charge in [-0.3, -0.25) is 18.6 Å². The Hall–Kier alpha value is -3.30. The molecule has 2 heterocycles. The molecule has 0 radical (unpaired) electrons. The molecule has 4 aromatic rings. The van der Waals surface area contributed by atoms with E-state index < -0.39 is 0 Å². The van der Waals surface area contributed by atoms with E-state index in [0.717, 1.165) is 5.56 Å². The van der Waals surface area contributed by atoms with E-state index >= 15 is 0 Å². The van der Waals surface area contributed by atoms with Gasteiger partial charge in [-0.05, 0) is 42.8 Å². The van der Waals surface area contributed by atoms with E-state index in [1.807, 2.05) is 13.0 Å². The Morgan fingerprint density at radius 1 is 1.09 bits per heavy atom. The summed E-state index contributed by atoms with van der Waals surface area (Å²) in [5.74, 6) is 1.03. The van der Waals surface area contributed by atoms with E-state index in [2.05, 4.69) is 10.2 Å². The highest BCUT2D eigenvalue weighted by molar-refractivity contribution is 7.99. The Bertz CT molecular complexity index is 1380. The van der Waals surface area contributed by atoms with Crippen LogP contribution in [0.25, 0.3) is 11.3 Å². The maximum atomic E-state index is 13.0. The molecule has 2 aromatic carbocycles. The van der Waals surface area contributed by atoms with Gasteiger partial charge in [0.05, 0.1) is 25.7 Å². The number of thioether (sulfide) groups is 1. The van der Waals surface area contributed by atoms with Crippen LogP contribution in [0.2, 0.25) is 5.02 Å². The molecule has 0 bridgehead atoms. The highest BCUT2D eigenvalue weighted by Gasteiger charge is 2.16. The zero-order valence-corrected chi connectivity index (χ0v) is 19.1. The largest absolute Gasteiger partial charge is 0.493 e. The summed E-state index contributed by atoms with van der Waals surface area (Å²) in [6.45, 7) is 1.85. The molecule has 0 spiro atoms. The number of ketones is 1. The molecule has 32 heavy (non-hydrogen) atoms. The molecule has 8 nitrogen and oxygen atoms in total. The van der Waals surface area contributed by atoms with Crippen molar-refractivity contribution in [1.29, 1.82) is 0 Å². The lowest BCUT2D eigenvalue weighted by Gasteiger charge is -2.10. The molecule has 10 heteroatoms. The van der Waals surface area contributed by atoms with Gasteiger partial charge in [-0.2, -0.15) is 0 Å². The Balaban J connectivity index is 1.59. The summed E-state index contributed by atoms with van der Waals surface area (Å²) in [6.07, 6.45) is 3.33. The van der Waals surface area contributed by atoms with Gasteiger partial charge < -0.3 is 9.47 Å². The highest BCUT2D eigenvalue weighted by atomic mass is 35.5. The van der Waals surface area contributed by atoms with E-state index in [-0.39, 0.29) is 22.7 Å². The summed E-state index contributed by atoms with van der Waals surface area (Å²) in [6, 6.07) is 10.4. The van der Waals surface area contributed by atoms with Gasteiger partial charge in [0.2, 0.25) is 5.65 Å². The fourth-order valence-corrected chi connectivity index (χ4v) is 4.22. The van der Waals surface area contributed by atoms with Gasteiger partial charge in [0.25, 0.3) is 0 Å². The number of hydrogen-bond donors (Lipinski definition) is 0. The number of rotatable bonds is 7. The van der Waals surface area contributed by atoms with E-state index in [1.165, 1.54) is 30.5 Å². The molecule has 0 aliphatic heterocycles. The molecule has 0 amide bonds. The molecule has 0 aliphatic carbocycles. The third-order valence-corrected chi connectivity index (χ3v) is 6.33. The van der Waals surface area contributed by atoms with Gasteiger partial charge in [-0.25, -0.2) is 0 Å². The summed E-state index contributed by atoms with van der Waals surface area (Å²) in [4.78, 5) is 25.7. The number of benzene rings is 2. The summed E-state index contributed by atoms with van der Waals surface area (Å²) < 4.78 is 13.5. The number of ether oxygens (including phenoxy) is 2. The highest BCUT2D eigenvalue weighted by Crippen LogP contribution is 2.28. The second kappa shape index (κ2) is 9.05. The van der Waals surface area contributed by atoms with Crippen LogP contribution in [0.3, 0.4) is 0 Å². The van der Waals surface area contributed by atoms with Gasteiger partial charge >= 0.3 is 5.56 Å². The molecule has 0 saturated heterocycles. The van der Waals surface area contributed by atoms with E-state index in [0.29, 0.717) is 32.9 Å². The molecule has 0 N–H and O–H groups in total.